The molecule has 1 unspecified atom stereocenters. The first-order chi connectivity index (χ1) is 10.2. The quantitative estimate of drug-likeness (QED) is 0.919. The number of imidazole rings is 1. The summed E-state index contributed by atoms with van der Waals surface area (Å²) in [4.78, 5) is 18.2. The molecule has 1 aliphatic heterocycles. The lowest BCUT2D eigenvalue weighted by molar-refractivity contribution is -0.122. The van der Waals surface area contributed by atoms with Crippen molar-refractivity contribution in [3.05, 3.63) is 47.5 Å². The number of benzene rings is 1. The van der Waals surface area contributed by atoms with E-state index in [0.717, 1.165) is 24.0 Å². The molecule has 1 atom stereocenters. The predicted octanol–water partition coefficient (Wildman–Crippen LogP) is 2.04. The number of para-hydroxylation sites is 1. The van der Waals surface area contributed by atoms with Crippen LogP contribution in [0.4, 0.5) is 5.69 Å². The summed E-state index contributed by atoms with van der Waals surface area (Å²) in [5.74, 6) is 0.0342. The summed E-state index contributed by atoms with van der Waals surface area (Å²) in [5.41, 5.74) is 1.18. The number of hydrogen-bond donors (Lipinski definition) is 1. The Morgan fingerprint density at radius 1 is 1.43 bits per heavy atom. The van der Waals surface area contributed by atoms with Crippen molar-refractivity contribution in [3.63, 3.8) is 0 Å². The normalized spacial score (nSPS) is 18.0. The fraction of sp³-hybridized carbons (Fsp3) is 0.333. The molecule has 2 heterocycles. The highest BCUT2D eigenvalue weighted by molar-refractivity contribution is 9.10. The van der Waals surface area contributed by atoms with Crippen LogP contribution in [0.3, 0.4) is 0 Å². The van der Waals surface area contributed by atoms with Crippen LogP contribution in [0.15, 0.2) is 47.5 Å². The maximum Gasteiger partial charge on any atom is 0.240 e. The van der Waals surface area contributed by atoms with Gasteiger partial charge in [0, 0.05) is 36.0 Å². The molecule has 0 saturated carbocycles. The number of nitrogens with zero attached hydrogens (tertiary/aromatic N) is 3. The molecule has 1 aromatic heterocycles. The topological polar surface area (TPSA) is 50.2 Å². The van der Waals surface area contributed by atoms with Crippen molar-refractivity contribution >= 4 is 27.5 Å². The Morgan fingerprint density at radius 2 is 2.29 bits per heavy atom. The third kappa shape index (κ3) is 3.44. The van der Waals surface area contributed by atoms with Gasteiger partial charge in [-0.3, -0.25) is 4.79 Å². The van der Waals surface area contributed by atoms with Crippen molar-refractivity contribution in [3.8, 4) is 0 Å². The van der Waals surface area contributed by atoms with Crippen LogP contribution in [0, 0.1) is 0 Å². The third-order valence-corrected chi connectivity index (χ3v) is 4.30. The van der Waals surface area contributed by atoms with E-state index < -0.39 is 0 Å². The van der Waals surface area contributed by atoms with Gasteiger partial charge in [-0.15, -0.1) is 0 Å². The molecule has 0 radical (unpaired) electrons. The van der Waals surface area contributed by atoms with E-state index in [4.69, 9.17) is 0 Å². The highest BCUT2D eigenvalue weighted by Gasteiger charge is 2.24. The molecule has 5 nitrogen and oxygen atoms in total. The fourth-order valence-corrected chi connectivity index (χ4v) is 3.16. The minimum absolute atomic E-state index is 0.0342. The number of carbonyl (C=O) groups is 1. The number of aromatic nitrogens is 2. The van der Waals surface area contributed by atoms with Gasteiger partial charge in [0.25, 0.3) is 0 Å². The summed E-state index contributed by atoms with van der Waals surface area (Å²) in [6.07, 6.45) is 6.09. The zero-order valence-electron chi connectivity index (χ0n) is 11.6. The molecule has 0 bridgehead atoms. The van der Waals surface area contributed by atoms with Crippen LogP contribution in [0.2, 0.25) is 0 Å². The van der Waals surface area contributed by atoms with Gasteiger partial charge in [-0.2, -0.15) is 0 Å². The van der Waals surface area contributed by atoms with Crippen LogP contribution in [-0.4, -0.2) is 34.6 Å². The molecule has 1 fully saturated rings. The number of hydrogen-bond acceptors (Lipinski definition) is 3. The molecule has 21 heavy (non-hydrogen) atoms. The van der Waals surface area contributed by atoms with Crippen molar-refractivity contribution in [2.75, 3.05) is 18.0 Å². The molecule has 110 valence electrons. The zero-order valence-corrected chi connectivity index (χ0v) is 13.2. The van der Waals surface area contributed by atoms with E-state index in [1.54, 1.807) is 23.3 Å². The molecule has 1 amide bonds. The highest BCUT2D eigenvalue weighted by Crippen LogP contribution is 2.28. The molecular weight excluding hydrogens is 332 g/mol. The number of anilines is 1. The van der Waals surface area contributed by atoms with Gasteiger partial charge in [0.2, 0.25) is 5.91 Å². The number of rotatable bonds is 4. The Labute approximate surface area is 132 Å². The lowest BCUT2D eigenvalue weighted by atomic mass is 10.2. The second-order valence-electron chi connectivity index (χ2n) is 5.19. The average molecular weight is 349 g/mol. The Kier molecular flexibility index (Phi) is 4.24. The molecule has 1 N–H and O–H groups in total. The van der Waals surface area contributed by atoms with Gasteiger partial charge in [-0.1, -0.05) is 12.1 Å². The van der Waals surface area contributed by atoms with Crippen molar-refractivity contribution in [1.29, 1.82) is 0 Å². The summed E-state index contributed by atoms with van der Waals surface area (Å²) in [5, 5.41) is 3.09. The molecule has 3 rings (SSSR count). The van der Waals surface area contributed by atoms with Gasteiger partial charge < -0.3 is 14.8 Å². The minimum Gasteiger partial charge on any atom is -0.368 e. The lowest BCUT2D eigenvalue weighted by Gasteiger charge is -2.20. The smallest absolute Gasteiger partial charge is 0.240 e. The second kappa shape index (κ2) is 6.30. The Morgan fingerprint density at radius 3 is 3.05 bits per heavy atom. The van der Waals surface area contributed by atoms with E-state index in [2.05, 4.69) is 37.2 Å². The van der Waals surface area contributed by atoms with Crippen LogP contribution in [0.1, 0.15) is 6.42 Å². The average Bonchev–Trinajstić information content (AvgIpc) is 3.11. The minimum atomic E-state index is 0.0342. The molecular formula is C15H17BrN4O. The van der Waals surface area contributed by atoms with E-state index in [-0.39, 0.29) is 11.9 Å². The van der Waals surface area contributed by atoms with Crippen LogP contribution in [0.25, 0.3) is 0 Å². The number of halogens is 1. The van der Waals surface area contributed by atoms with Crippen molar-refractivity contribution in [2.45, 2.75) is 19.0 Å². The molecule has 0 spiro atoms. The predicted molar refractivity (Wildman–Crippen MR) is 85.1 cm³/mol. The molecule has 1 aromatic carbocycles. The fourth-order valence-electron chi connectivity index (χ4n) is 2.62. The molecule has 6 heteroatoms. The third-order valence-electron chi connectivity index (χ3n) is 3.63. The summed E-state index contributed by atoms with van der Waals surface area (Å²) in [7, 11) is 0. The first-order valence-corrected chi connectivity index (χ1v) is 7.76. The van der Waals surface area contributed by atoms with Gasteiger partial charge in [-0.05, 0) is 34.5 Å². The number of amides is 1. The van der Waals surface area contributed by atoms with E-state index in [9.17, 15) is 4.79 Å². The van der Waals surface area contributed by atoms with Gasteiger partial charge in [-0.25, -0.2) is 4.98 Å². The molecule has 1 aliphatic rings. The Bertz CT molecular complexity index is 614. The maximum atomic E-state index is 12.0. The number of carbonyl (C=O) groups excluding carboxylic acids is 1. The van der Waals surface area contributed by atoms with Gasteiger partial charge in [0.1, 0.15) is 6.54 Å². The SMILES string of the molecule is O=C(Cn1ccnc1)NC1CCN(c2ccccc2Br)C1. The Balaban J connectivity index is 1.55. The summed E-state index contributed by atoms with van der Waals surface area (Å²) in [6, 6.07) is 8.38. The van der Waals surface area contributed by atoms with Crippen molar-refractivity contribution < 1.29 is 4.79 Å². The second-order valence-corrected chi connectivity index (χ2v) is 6.04. The Hall–Kier alpha value is -1.82. The van der Waals surface area contributed by atoms with Gasteiger partial charge in [0.05, 0.1) is 12.0 Å². The zero-order chi connectivity index (χ0) is 14.7. The molecule has 2 aromatic rings. The van der Waals surface area contributed by atoms with Gasteiger partial charge in [0.15, 0.2) is 0 Å². The van der Waals surface area contributed by atoms with E-state index in [1.807, 2.05) is 18.2 Å². The molecule has 0 aliphatic carbocycles. The van der Waals surface area contributed by atoms with E-state index >= 15 is 0 Å². The van der Waals surface area contributed by atoms with Crippen LogP contribution in [0.5, 0.6) is 0 Å². The highest BCUT2D eigenvalue weighted by atomic mass is 79.9. The van der Waals surface area contributed by atoms with Crippen molar-refractivity contribution in [1.82, 2.24) is 14.9 Å². The lowest BCUT2D eigenvalue weighted by Crippen LogP contribution is -2.38. The summed E-state index contributed by atoms with van der Waals surface area (Å²) < 4.78 is 2.87. The van der Waals surface area contributed by atoms with Gasteiger partial charge >= 0.3 is 0 Å². The standard InChI is InChI=1S/C15H17BrN4O/c16-13-3-1-2-4-14(13)20-7-5-12(9-20)18-15(21)10-19-8-6-17-11-19/h1-4,6,8,11-12H,5,7,9-10H2,(H,18,21). The van der Waals surface area contributed by atoms with E-state index in [0.29, 0.717) is 6.54 Å². The molecule has 1 saturated heterocycles. The number of nitrogens with one attached hydrogen (secondary N) is 1. The first-order valence-electron chi connectivity index (χ1n) is 6.97. The summed E-state index contributed by atoms with van der Waals surface area (Å²) >= 11 is 3.58. The van der Waals surface area contributed by atoms with Crippen LogP contribution < -0.4 is 10.2 Å². The maximum absolute atomic E-state index is 12.0. The van der Waals surface area contributed by atoms with E-state index in [1.165, 1.54) is 5.69 Å². The first kappa shape index (κ1) is 14.1. The van der Waals surface area contributed by atoms with Crippen molar-refractivity contribution in [2.24, 2.45) is 0 Å². The van der Waals surface area contributed by atoms with Crippen LogP contribution in [-0.2, 0) is 11.3 Å². The monoisotopic (exact) mass is 348 g/mol. The van der Waals surface area contributed by atoms with Crippen LogP contribution >= 0.6 is 15.9 Å². The largest absolute Gasteiger partial charge is 0.368 e. The summed E-state index contributed by atoms with van der Waals surface area (Å²) in [6.45, 7) is 2.13.